The van der Waals surface area contributed by atoms with Crippen LogP contribution in [0.1, 0.15) is 40.5 Å². The number of pyridine rings is 1. The summed E-state index contributed by atoms with van der Waals surface area (Å²) in [4.78, 5) is 21.1. The Morgan fingerprint density at radius 1 is 1.31 bits per heavy atom. The summed E-state index contributed by atoms with van der Waals surface area (Å²) in [6, 6.07) is 7.48. The molecule has 2 aromatic heterocycles. The number of nitriles is 1. The Labute approximate surface area is 192 Å². The van der Waals surface area contributed by atoms with Crippen molar-refractivity contribution in [2.45, 2.75) is 26.3 Å². The number of rotatable bonds is 5. The molecular weight excluding hydrogens is 469 g/mol. The Kier molecular flexibility index (Phi) is 7.71. The number of aryl methyl sites for hydroxylation is 1. The first-order valence-corrected chi connectivity index (χ1v) is 9.11. The highest BCUT2D eigenvalue weighted by Crippen LogP contribution is 2.27. The van der Waals surface area contributed by atoms with Crippen LogP contribution in [0.25, 0.3) is 5.82 Å². The van der Waals surface area contributed by atoms with E-state index in [-0.39, 0.29) is 24.1 Å². The molecule has 1 aromatic carbocycles. The molecule has 0 bridgehead atoms. The summed E-state index contributed by atoms with van der Waals surface area (Å²) < 4.78 is 42.7. The molecule has 1 N–H and O–H groups in total. The van der Waals surface area contributed by atoms with Gasteiger partial charge in [0.05, 0.1) is 11.6 Å². The van der Waals surface area contributed by atoms with Crippen LogP contribution in [0.5, 0.6) is 5.75 Å². The summed E-state index contributed by atoms with van der Waals surface area (Å²) in [5.41, 5.74) is 0.235. The lowest BCUT2D eigenvalue weighted by Gasteiger charge is -2.15. The lowest BCUT2D eigenvalue weighted by atomic mass is 10.2. The van der Waals surface area contributed by atoms with Gasteiger partial charge in [0.25, 0.3) is 5.91 Å². The maximum absolute atomic E-state index is 12.6. The Hall–Kier alpha value is -3.30. The minimum absolute atomic E-state index is 0. The first kappa shape index (κ1) is 25.0. The van der Waals surface area contributed by atoms with Crippen molar-refractivity contribution in [2.75, 3.05) is 0 Å². The number of halogens is 4. The van der Waals surface area contributed by atoms with E-state index in [9.17, 15) is 18.0 Å². The van der Waals surface area contributed by atoms with E-state index in [2.05, 4.69) is 25.1 Å². The average molecular weight is 485 g/mol. The first-order chi connectivity index (χ1) is 14.6. The molecule has 168 valence electrons. The number of benzene rings is 1. The topological polar surface area (TPSA) is 106 Å². The van der Waals surface area contributed by atoms with Gasteiger partial charge in [-0.2, -0.15) is 23.4 Å². The van der Waals surface area contributed by atoms with Crippen LogP contribution in [-0.4, -0.2) is 32.0 Å². The van der Waals surface area contributed by atoms with Crippen molar-refractivity contribution >= 4 is 31.0 Å². The van der Waals surface area contributed by atoms with E-state index in [0.717, 1.165) is 12.1 Å². The standard InChI is InChI=1S/C19H14ClF3N6O2.H2S/c1-10(17-27-11(2)28-29(17)16-4-3-12(8-24)9-25-16)26-18(30)13-5-14(20)7-15(6-13)31-19(21,22)23;/h3-7,9-10H,1-2H3,(H,26,30);1H2/t10-;/m0./s1. The quantitative estimate of drug-likeness (QED) is 0.586. The van der Waals surface area contributed by atoms with Crippen molar-refractivity contribution < 1.29 is 22.7 Å². The molecule has 8 nitrogen and oxygen atoms in total. The van der Waals surface area contributed by atoms with Gasteiger partial charge in [-0.25, -0.2) is 9.97 Å². The highest BCUT2D eigenvalue weighted by atomic mass is 35.5. The van der Waals surface area contributed by atoms with Crippen molar-refractivity contribution in [1.29, 1.82) is 5.26 Å². The summed E-state index contributed by atoms with van der Waals surface area (Å²) >= 11 is 5.82. The molecule has 0 aliphatic carbocycles. The van der Waals surface area contributed by atoms with E-state index in [0.29, 0.717) is 23.0 Å². The number of aromatic nitrogens is 4. The smallest absolute Gasteiger partial charge is 0.406 e. The summed E-state index contributed by atoms with van der Waals surface area (Å²) in [5, 5.41) is 15.7. The molecule has 2 heterocycles. The third-order valence-electron chi connectivity index (χ3n) is 3.93. The number of amides is 1. The monoisotopic (exact) mass is 484 g/mol. The Morgan fingerprint density at radius 3 is 2.62 bits per heavy atom. The molecule has 13 heteroatoms. The maximum atomic E-state index is 12.6. The number of carbonyl (C=O) groups is 1. The molecular formula is C19H16ClF3N6O2S. The maximum Gasteiger partial charge on any atom is 0.573 e. The number of ether oxygens (including phenoxy) is 1. The van der Waals surface area contributed by atoms with Crippen LogP contribution >= 0.6 is 25.1 Å². The van der Waals surface area contributed by atoms with Gasteiger partial charge in [-0.05, 0) is 44.2 Å². The molecule has 32 heavy (non-hydrogen) atoms. The lowest BCUT2D eigenvalue weighted by Crippen LogP contribution is -2.29. The van der Waals surface area contributed by atoms with Gasteiger partial charge >= 0.3 is 6.36 Å². The molecule has 1 amide bonds. The summed E-state index contributed by atoms with van der Waals surface area (Å²) in [6.07, 6.45) is -3.55. The van der Waals surface area contributed by atoms with Gasteiger partial charge in [-0.1, -0.05) is 11.6 Å². The molecule has 3 rings (SSSR count). The number of carbonyl (C=O) groups excluding carboxylic acids is 1. The molecule has 0 saturated heterocycles. The van der Waals surface area contributed by atoms with Gasteiger partial charge < -0.3 is 10.1 Å². The minimum Gasteiger partial charge on any atom is -0.406 e. The van der Waals surface area contributed by atoms with Crippen molar-refractivity contribution in [3.8, 4) is 17.6 Å². The summed E-state index contributed by atoms with van der Waals surface area (Å²) in [5.74, 6) is -0.192. The molecule has 0 aliphatic rings. The zero-order valence-corrected chi connectivity index (χ0v) is 18.4. The fourth-order valence-corrected chi connectivity index (χ4v) is 2.91. The average Bonchev–Trinajstić information content (AvgIpc) is 3.08. The number of nitrogens with zero attached hydrogens (tertiary/aromatic N) is 5. The number of hydrogen-bond acceptors (Lipinski definition) is 6. The normalized spacial score (nSPS) is 11.8. The highest BCUT2D eigenvalue weighted by Gasteiger charge is 2.31. The molecule has 0 unspecified atom stereocenters. The molecule has 0 spiro atoms. The van der Waals surface area contributed by atoms with E-state index < -0.39 is 24.1 Å². The molecule has 1 atom stereocenters. The fourth-order valence-electron chi connectivity index (χ4n) is 2.69. The van der Waals surface area contributed by atoms with E-state index in [1.807, 2.05) is 6.07 Å². The van der Waals surface area contributed by atoms with Crippen molar-refractivity contribution in [2.24, 2.45) is 0 Å². The summed E-state index contributed by atoms with van der Waals surface area (Å²) in [6.45, 7) is 3.27. The summed E-state index contributed by atoms with van der Waals surface area (Å²) in [7, 11) is 0. The van der Waals surface area contributed by atoms with Gasteiger partial charge in [-0.15, -0.1) is 18.3 Å². The molecule has 0 saturated carbocycles. The molecule has 3 aromatic rings. The predicted molar refractivity (Wildman–Crippen MR) is 113 cm³/mol. The largest absolute Gasteiger partial charge is 0.573 e. The van der Waals surface area contributed by atoms with Crippen molar-refractivity contribution in [3.63, 3.8) is 0 Å². The van der Waals surface area contributed by atoms with Crippen LogP contribution in [0.4, 0.5) is 13.2 Å². The first-order valence-electron chi connectivity index (χ1n) is 8.73. The van der Waals surface area contributed by atoms with Gasteiger partial charge in [0.2, 0.25) is 0 Å². The highest BCUT2D eigenvalue weighted by molar-refractivity contribution is 7.59. The van der Waals surface area contributed by atoms with Crippen LogP contribution in [0.3, 0.4) is 0 Å². The van der Waals surface area contributed by atoms with Crippen molar-refractivity contribution in [1.82, 2.24) is 25.1 Å². The van der Waals surface area contributed by atoms with Gasteiger partial charge in [0.15, 0.2) is 11.6 Å². The zero-order chi connectivity index (χ0) is 22.8. The van der Waals surface area contributed by atoms with Crippen LogP contribution in [0.15, 0.2) is 36.5 Å². The Balaban J connectivity index is 0.00000363. The van der Waals surface area contributed by atoms with E-state index in [1.165, 1.54) is 16.9 Å². The van der Waals surface area contributed by atoms with Gasteiger partial charge in [-0.3, -0.25) is 4.79 Å². The Morgan fingerprint density at radius 2 is 2.03 bits per heavy atom. The SMILES string of the molecule is Cc1nc([C@H](C)NC(=O)c2cc(Cl)cc(OC(F)(F)F)c2)n(-c2ccc(C#N)cn2)n1.S. The van der Waals surface area contributed by atoms with Crippen LogP contribution in [0, 0.1) is 18.3 Å². The lowest BCUT2D eigenvalue weighted by molar-refractivity contribution is -0.274. The second kappa shape index (κ2) is 9.88. The van der Waals surface area contributed by atoms with E-state index >= 15 is 0 Å². The van der Waals surface area contributed by atoms with Crippen LogP contribution in [0.2, 0.25) is 5.02 Å². The van der Waals surface area contributed by atoms with Crippen LogP contribution < -0.4 is 10.1 Å². The van der Waals surface area contributed by atoms with E-state index in [4.69, 9.17) is 16.9 Å². The zero-order valence-electron chi connectivity index (χ0n) is 16.6. The fraction of sp³-hybridized carbons (Fsp3) is 0.211. The number of hydrogen-bond donors (Lipinski definition) is 1. The Bertz CT molecular complexity index is 1160. The second-order valence-electron chi connectivity index (χ2n) is 6.36. The molecule has 0 aliphatic heterocycles. The minimum atomic E-state index is -4.92. The second-order valence-corrected chi connectivity index (χ2v) is 6.80. The van der Waals surface area contributed by atoms with E-state index in [1.54, 1.807) is 26.0 Å². The number of alkyl halides is 3. The third-order valence-corrected chi connectivity index (χ3v) is 4.15. The van der Waals surface area contributed by atoms with Crippen LogP contribution in [-0.2, 0) is 0 Å². The van der Waals surface area contributed by atoms with Gasteiger partial charge in [0, 0.05) is 16.8 Å². The predicted octanol–water partition coefficient (Wildman–Crippen LogP) is 4.00. The molecule has 0 fully saturated rings. The molecule has 0 radical (unpaired) electrons. The number of nitrogens with one attached hydrogen (secondary N) is 1. The van der Waals surface area contributed by atoms with Gasteiger partial charge in [0.1, 0.15) is 17.6 Å². The van der Waals surface area contributed by atoms with Crippen molar-refractivity contribution in [3.05, 3.63) is 64.3 Å². The third kappa shape index (κ3) is 6.12.